The third-order valence-electron chi connectivity index (χ3n) is 1.43. The van der Waals surface area contributed by atoms with E-state index < -0.39 is 39.2 Å². The highest BCUT2D eigenvalue weighted by molar-refractivity contribution is 9.10. The molecule has 0 unspecified atom stereocenters. The van der Waals surface area contributed by atoms with Gasteiger partial charge in [0.05, 0.1) is 10.4 Å². The highest BCUT2D eigenvalue weighted by atomic mass is 79.9. The van der Waals surface area contributed by atoms with Gasteiger partial charge in [-0.1, -0.05) is 0 Å². The van der Waals surface area contributed by atoms with E-state index in [0.717, 1.165) is 0 Å². The second kappa shape index (κ2) is 3.84. The molecule has 0 amide bonds. The summed E-state index contributed by atoms with van der Waals surface area (Å²) in [5.41, 5.74) is -0.806. The molecule has 0 saturated carbocycles. The maximum absolute atomic E-state index is 12.8. The largest absolute Gasteiger partial charge is 0.203 e. The number of hydrogen-bond acceptors (Lipinski definition) is 0. The Morgan fingerprint density at radius 3 is 1.62 bits per heavy atom. The van der Waals surface area contributed by atoms with Crippen molar-refractivity contribution in [2.75, 3.05) is 0 Å². The minimum absolute atomic E-state index is 0.626. The van der Waals surface area contributed by atoms with E-state index in [4.69, 9.17) is 11.6 Å². The molecule has 0 saturated heterocycles. The minimum Gasteiger partial charge on any atom is -0.203 e. The monoisotopic (exact) mass is 276 g/mol. The lowest BCUT2D eigenvalue weighted by Crippen LogP contribution is -2.02. The normalized spacial score (nSPS) is 10.6. The third kappa shape index (κ3) is 1.67. The van der Waals surface area contributed by atoms with Gasteiger partial charge in [-0.2, -0.15) is 0 Å². The van der Waals surface area contributed by atoms with E-state index in [1.54, 1.807) is 0 Å². The molecule has 0 aliphatic carbocycles. The van der Waals surface area contributed by atoms with Crippen molar-refractivity contribution in [2.24, 2.45) is 0 Å². The van der Waals surface area contributed by atoms with E-state index >= 15 is 0 Å². The van der Waals surface area contributed by atoms with Crippen LogP contribution in [-0.2, 0) is 5.88 Å². The van der Waals surface area contributed by atoms with Crippen molar-refractivity contribution in [1.29, 1.82) is 0 Å². The van der Waals surface area contributed by atoms with Crippen molar-refractivity contribution in [2.45, 2.75) is 5.88 Å². The van der Waals surface area contributed by atoms with Gasteiger partial charge in [0.25, 0.3) is 0 Å². The molecule has 0 nitrogen and oxygen atoms in total. The second-order valence-corrected chi connectivity index (χ2v) is 3.24. The zero-order valence-electron chi connectivity index (χ0n) is 5.97. The summed E-state index contributed by atoms with van der Waals surface area (Å²) < 4.78 is 50.2. The average Bonchev–Trinajstić information content (AvgIpc) is 2.13. The molecule has 0 N–H and O–H groups in total. The number of benzene rings is 1. The predicted molar refractivity (Wildman–Crippen MR) is 43.5 cm³/mol. The summed E-state index contributed by atoms with van der Waals surface area (Å²) in [5, 5.41) is 0. The van der Waals surface area contributed by atoms with Crippen LogP contribution in [0, 0.1) is 23.3 Å². The van der Waals surface area contributed by atoms with Crippen LogP contribution in [0.1, 0.15) is 5.56 Å². The molecule has 1 aromatic carbocycles. The smallest absolute Gasteiger partial charge is 0.176 e. The van der Waals surface area contributed by atoms with Gasteiger partial charge in [0.1, 0.15) is 0 Å². The molecule has 13 heavy (non-hydrogen) atoms. The van der Waals surface area contributed by atoms with Gasteiger partial charge in [-0.25, -0.2) is 17.6 Å². The van der Waals surface area contributed by atoms with Gasteiger partial charge in [-0.3, -0.25) is 0 Å². The Labute approximate surface area is 84.6 Å². The summed E-state index contributed by atoms with van der Waals surface area (Å²) in [7, 11) is 0. The lowest BCUT2D eigenvalue weighted by atomic mass is 10.2. The lowest BCUT2D eigenvalue weighted by molar-refractivity contribution is 0.437. The van der Waals surface area contributed by atoms with Gasteiger partial charge in [0.2, 0.25) is 0 Å². The van der Waals surface area contributed by atoms with Crippen molar-refractivity contribution < 1.29 is 17.6 Å². The number of rotatable bonds is 1. The van der Waals surface area contributed by atoms with Crippen LogP contribution in [0.2, 0.25) is 0 Å². The molecule has 0 fully saturated rings. The fourth-order valence-corrected chi connectivity index (χ4v) is 1.35. The van der Waals surface area contributed by atoms with Crippen LogP contribution in [0.5, 0.6) is 0 Å². The van der Waals surface area contributed by atoms with Crippen LogP contribution < -0.4 is 0 Å². The lowest BCUT2D eigenvalue weighted by Gasteiger charge is -2.05. The fraction of sp³-hybridized carbons (Fsp3) is 0.143. The molecular formula is C7H2BrClF4. The van der Waals surface area contributed by atoms with Crippen LogP contribution in [0.4, 0.5) is 17.6 Å². The molecule has 1 rings (SSSR count). The zero-order valence-corrected chi connectivity index (χ0v) is 8.32. The molecule has 0 spiro atoms. The van der Waals surface area contributed by atoms with E-state index in [0.29, 0.717) is 0 Å². The van der Waals surface area contributed by atoms with E-state index in [-0.39, 0.29) is 0 Å². The van der Waals surface area contributed by atoms with E-state index in [2.05, 4.69) is 15.9 Å². The second-order valence-electron chi connectivity index (χ2n) is 2.18. The van der Waals surface area contributed by atoms with Crippen LogP contribution >= 0.6 is 27.5 Å². The summed E-state index contributed by atoms with van der Waals surface area (Å²) in [6, 6.07) is 0. The summed E-state index contributed by atoms with van der Waals surface area (Å²) in [6.07, 6.45) is 0. The molecule has 0 aliphatic rings. The first-order valence-corrected chi connectivity index (χ1v) is 4.39. The predicted octanol–water partition coefficient (Wildman–Crippen LogP) is 3.74. The Bertz CT molecular complexity index is 324. The van der Waals surface area contributed by atoms with Gasteiger partial charge in [0.15, 0.2) is 23.3 Å². The Hall–Kier alpha value is -0.290. The first-order chi connectivity index (χ1) is 6.00. The maximum atomic E-state index is 12.8. The molecule has 0 bridgehead atoms. The summed E-state index contributed by atoms with van der Waals surface area (Å²) in [5.74, 6) is -6.52. The van der Waals surface area contributed by atoms with Gasteiger partial charge >= 0.3 is 0 Å². The molecular weight excluding hydrogens is 275 g/mol. The number of hydrogen-bond donors (Lipinski definition) is 0. The molecule has 0 aromatic heterocycles. The van der Waals surface area contributed by atoms with Crippen molar-refractivity contribution in [1.82, 2.24) is 0 Å². The van der Waals surface area contributed by atoms with Crippen LogP contribution in [-0.4, -0.2) is 0 Å². The standard InChI is InChI=1S/C7H2BrClF4/c8-3-6(12)4(10)2(1-9)5(11)7(3)13/h1H2. The molecule has 1 aromatic rings. The minimum atomic E-state index is -1.48. The molecule has 0 atom stereocenters. The van der Waals surface area contributed by atoms with Gasteiger partial charge in [0, 0.05) is 5.56 Å². The Morgan fingerprint density at radius 1 is 0.923 bits per heavy atom. The van der Waals surface area contributed by atoms with Crippen molar-refractivity contribution >= 4 is 27.5 Å². The number of alkyl halides is 1. The molecule has 0 aliphatic heterocycles. The van der Waals surface area contributed by atoms with Crippen LogP contribution in [0.25, 0.3) is 0 Å². The molecule has 0 radical (unpaired) electrons. The van der Waals surface area contributed by atoms with Crippen molar-refractivity contribution in [3.8, 4) is 0 Å². The van der Waals surface area contributed by atoms with Crippen LogP contribution in [0.15, 0.2) is 4.47 Å². The van der Waals surface area contributed by atoms with Gasteiger partial charge in [-0.15, -0.1) is 11.6 Å². The van der Waals surface area contributed by atoms with Gasteiger partial charge in [-0.05, 0) is 15.9 Å². The fourth-order valence-electron chi connectivity index (χ4n) is 0.768. The summed E-state index contributed by atoms with van der Waals surface area (Å²) in [6.45, 7) is 0. The summed E-state index contributed by atoms with van der Waals surface area (Å²) >= 11 is 7.48. The SMILES string of the molecule is Fc1c(F)c(CCl)c(F)c(F)c1Br. The maximum Gasteiger partial charge on any atom is 0.176 e. The number of halogens is 6. The molecule has 6 heteroatoms. The highest BCUT2D eigenvalue weighted by Gasteiger charge is 2.22. The zero-order chi connectivity index (χ0) is 10.2. The Balaban J connectivity index is 3.56. The first kappa shape index (κ1) is 10.8. The molecule has 72 valence electrons. The topological polar surface area (TPSA) is 0 Å². The quantitative estimate of drug-likeness (QED) is 0.317. The highest BCUT2D eigenvalue weighted by Crippen LogP contribution is 2.28. The van der Waals surface area contributed by atoms with E-state index in [1.165, 1.54) is 0 Å². The average molecular weight is 277 g/mol. The Morgan fingerprint density at radius 2 is 1.31 bits per heavy atom. The molecule has 0 heterocycles. The van der Waals surface area contributed by atoms with E-state index in [9.17, 15) is 17.6 Å². The van der Waals surface area contributed by atoms with E-state index in [1.807, 2.05) is 0 Å². The van der Waals surface area contributed by atoms with Crippen molar-refractivity contribution in [3.63, 3.8) is 0 Å². The summed E-state index contributed by atoms with van der Waals surface area (Å²) in [4.78, 5) is 0. The first-order valence-electron chi connectivity index (χ1n) is 3.07. The van der Waals surface area contributed by atoms with Crippen LogP contribution in [0.3, 0.4) is 0 Å². The van der Waals surface area contributed by atoms with Crippen molar-refractivity contribution in [3.05, 3.63) is 33.3 Å². The Kier molecular flexibility index (Phi) is 3.18. The third-order valence-corrected chi connectivity index (χ3v) is 2.40. The van der Waals surface area contributed by atoms with Gasteiger partial charge < -0.3 is 0 Å².